The Balaban J connectivity index is 1.81. The van der Waals surface area contributed by atoms with Gasteiger partial charge in [0.15, 0.2) is 0 Å². The van der Waals surface area contributed by atoms with Crippen LogP contribution in [0.15, 0.2) is 0 Å². The van der Waals surface area contributed by atoms with Crippen molar-refractivity contribution in [3.05, 3.63) is 0 Å². The Morgan fingerprint density at radius 3 is 2.33 bits per heavy atom. The predicted molar refractivity (Wildman–Crippen MR) is 53.3 cm³/mol. The summed E-state index contributed by atoms with van der Waals surface area (Å²) in [4.78, 5) is 26.2. The number of rotatable bonds is 2. The maximum atomic E-state index is 11.8. The molecule has 0 aromatic heterocycles. The van der Waals surface area contributed by atoms with E-state index >= 15 is 0 Å². The van der Waals surface area contributed by atoms with Gasteiger partial charge in [-0.3, -0.25) is 9.59 Å². The fraction of sp³-hybridized carbons (Fsp3) is 0.800. The smallest absolute Gasteiger partial charge is 0.310 e. The zero-order valence-corrected chi connectivity index (χ0v) is 8.85. The maximum absolute atomic E-state index is 11.8. The van der Waals surface area contributed by atoms with Crippen LogP contribution in [-0.4, -0.2) is 60.0 Å². The van der Waals surface area contributed by atoms with Gasteiger partial charge in [-0.05, 0) is 20.0 Å². The lowest BCUT2D eigenvalue weighted by atomic mass is 9.97. The predicted octanol–water partition coefficient (Wildman–Crippen LogP) is -0.519. The van der Waals surface area contributed by atoms with Crippen LogP contribution in [0.3, 0.4) is 0 Å². The van der Waals surface area contributed by atoms with E-state index in [-0.39, 0.29) is 17.7 Å². The summed E-state index contributed by atoms with van der Waals surface area (Å²) in [5, 5.41) is 8.69. The van der Waals surface area contributed by atoms with Crippen molar-refractivity contribution in [3.8, 4) is 0 Å². The molecule has 0 saturated carbocycles. The van der Waals surface area contributed by atoms with Crippen LogP contribution in [0.4, 0.5) is 0 Å². The molecule has 5 heteroatoms. The van der Waals surface area contributed by atoms with E-state index in [4.69, 9.17) is 5.11 Å². The summed E-state index contributed by atoms with van der Waals surface area (Å²) < 4.78 is 0. The van der Waals surface area contributed by atoms with Crippen molar-refractivity contribution in [3.63, 3.8) is 0 Å². The molecule has 2 aliphatic rings. The number of carboxylic acids is 1. The van der Waals surface area contributed by atoms with Gasteiger partial charge >= 0.3 is 5.97 Å². The summed E-state index contributed by atoms with van der Waals surface area (Å²) in [6, 6.07) is 0. The second kappa shape index (κ2) is 3.81. The van der Waals surface area contributed by atoms with Crippen molar-refractivity contribution in [2.45, 2.75) is 6.42 Å². The highest BCUT2D eigenvalue weighted by atomic mass is 16.4. The molecular weight excluding hydrogens is 196 g/mol. The standard InChI is InChI=1S/C10H16N2O3/c1-11-3-2-7(4-11)9(13)12-5-8(6-12)10(14)15/h7-8H,2-6H2,1H3,(H,14,15). The third kappa shape index (κ3) is 1.97. The van der Waals surface area contributed by atoms with Gasteiger partial charge in [0, 0.05) is 19.6 Å². The van der Waals surface area contributed by atoms with Crippen LogP contribution in [0.2, 0.25) is 0 Å². The first-order valence-electron chi connectivity index (χ1n) is 5.28. The summed E-state index contributed by atoms with van der Waals surface area (Å²) in [7, 11) is 2.00. The van der Waals surface area contributed by atoms with Crippen molar-refractivity contribution in [2.24, 2.45) is 11.8 Å². The number of carboxylic acid groups (broad SMARTS) is 1. The topological polar surface area (TPSA) is 60.9 Å². The Morgan fingerprint density at radius 2 is 1.87 bits per heavy atom. The highest BCUT2D eigenvalue weighted by Gasteiger charge is 2.39. The van der Waals surface area contributed by atoms with Crippen molar-refractivity contribution < 1.29 is 14.7 Å². The highest BCUT2D eigenvalue weighted by molar-refractivity contribution is 5.83. The fourth-order valence-corrected chi connectivity index (χ4v) is 2.21. The van der Waals surface area contributed by atoms with Gasteiger partial charge in [-0.15, -0.1) is 0 Å². The van der Waals surface area contributed by atoms with E-state index in [1.807, 2.05) is 7.05 Å². The molecule has 1 unspecified atom stereocenters. The molecule has 2 aliphatic heterocycles. The summed E-state index contributed by atoms with van der Waals surface area (Å²) in [6.45, 7) is 2.57. The minimum atomic E-state index is -0.789. The molecule has 0 radical (unpaired) electrons. The molecule has 0 bridgehead atoms. The first-order valence-corrected chi connectivity index (χ1v) is 5.28. The Labute approximate surface area is 88.6 Å². The van der Waals surface area contributed by atoms with Crippen LogP contribution >= 0.6 is 0 Å². The highest BCUT2D eigenvalue weighted by Crippen LogP contribution is 2.23. The Bertz CT molecular complexity index is 286. The van der Waals surface area contributed by atoms with Gasteiger partial charge in [0.25, 0.3) is 0 Å². The average molecular weight is 212 g/mol. The number of nitrogens with zero attached hydrogens (tertiary/aromatic N) is 2. The molecule has 1 N–H and O–H groups in total. The van der Waals surface area contributed by atoms with E-state index in [0.717, 1.165) is 19.5 Å². The molecule has 1 amide bonds. The summed E-state index contributed by atoms with van der Waals surface area (Å²) in [5.74, 6) is -0.905. The lowest BCUT2D eigenvalue weighted by Crippen LogP contribution is -2.54. The van der Waals surface area contributed by atoms with Gasteiger partial charge in [0.2, 0.25) is 5.91 Å². The molecule has 1 atom stereocenters. The zero-order valence-electron chi connectivity index (χ0n) is 8.85. The fourth-order valence-electron chi connectivity index (χ4n) is 2.21. The largest absolute Gasteiger partial charge is 0.481 e. The molecular formula is C10H16N2O3. The Hall–Kier alpha value is -1.10. The lowest BCUT2D eigenvalue weighted by molar-refractivity contribution is -0.154. The molecule has 5 nitrogen and oxygen atoms in total. The maximum Gasteiger partial charge on any atom is 0.310 e. The van der Waals surface area contributed by atoms with E-state index in [0.29, 0.717) is 13.1 Å². The first-order chi connectivity index (χ1) is 7.08. The number of hydrogen-bond acceptors (Lipinski definition) is 3. The normalized spacial score (nSPS) is 27.8. The van der Waals surface area contributed by atoms with Crippen LogP contribution in [0.25, 0.3) is 0 Å². The van der Waals surface area contributed by atoms with Crippen LogP contribution in [0, 0.1) is 11.8 Å². The van der Waals surface area contributed by atoms with E-state index in [1.54, 1.807) is 4.90 Å². The number of aliphatic carboxylic acids is 1. The molecule has 2 heterocycles. The summed E-state index contributed by atoms with van der Waals surface area (Å²) >= 11 is 0. The first kappa shape index (κ1) is 10.4. The molecule has 2 saturated heterocycles. The molecule has 0 aliphatic carbocycles. The molecule has 0 aromatic carbocycles. The second-order valence-corrected chi connectivity index (χ2v) is 4.53. The van der Waals surface area contributed by atoms with Gasteiger partial charge in [-0.2, -0.15) is 0 Å². The number of amides is 1. The molecule has 84 valence electrons. The van der Waals surface area contributed by atoms with Crippen molar-refractivity contribution in [1.82, 2.24) is 9.80 Å². The number of hydrogen-bond donors (Lipinski definition) is 1. The van der Waals surface area contributed by atoms with Crippen LogP contribution < -0.4 is 0 Å². The van der Waals surface area contributed by atoms with Gasteiger partial charge < -0.3 is 14.9 Å². The zero-order chi connectivity index (χ0) is 11.0. The minimum Gasteiger partial charge on any atom is -0.481 e. The van der Waals surface area contributed by atoms with Crippen molar-refractivity contribution >= 4 is 11.9 Å². The molecule has 0 spiro atoms. The van der Waals surface area contributed by atoms with E-state index in [9.17, 15) is 9.59 Å². The van der Waals surface area contributed by atoms with Crippen LogP contribution in [0.1, 0.15) is 6.42 Å². The van der Waals surface area contributed by atoms with Gasteiger partial charge in [-0.25, -0.2) is 0 Å². The Kier molecular flexibility index (Phi) is 2.65. The second-order valence-electron chi connectivity index (χ2n) is 4.53. The number of carbonyl (C=O) groups is 2. The number of likely N-dealkylation sites (tertiary alicyclic amines) is 2. The molecule has 2 rings (SSSR count). The lowest BCUT2D eigenvalue weighted by Gasteiger charge is -2.38. The minimum absolute atomic E-state index is 0.0877. The van der Waals surface area contributed by atoms with Crippen molar-refractivity contribution in [2.75, 3.05) is 33.2 Å². The Morgan fingerprint density at radius 1 is 1.20 bits per heavy atom. The summed E-state index contributed by atoms with van der Waals surface area (Å²) in [6.07, 6.45) is 0.906. The monoisotopic (exact) mass is 212 g/mol. The number of carbonyl (C=O) groups excluding carboxylic acids is 1. The van der Waals surface area contributed by atoms with E-state index in [2.05, 4.69) is 4.90 Å². The van der Waals surface area contributed by atoms with Crippen LogP contribution in [0.5, 0.6) is 0 Å². The third-order valence-electron chi connectivity index (χ3n) is 3.28. The van der Waals surface area contributed by atoms with E-state index < -0.39 is 5.97 Å². The van der Waals surface area contributed by atoms with E-state index in [1.165, 1.54) is 0 Å². The van der Waals surface area contributed by atoms with Gasteiger partial charge in [-0.1, -0.05) is 0 Å². The van der Waals surface area contributed by atoms with Gasteiger partial charge in [0.1, 0.15) is 0 Å². The quantitative estimate of drug-likeness (QED) is 0.669. The van der Waals surface area contributed by atoms with Crippen molar-refractivity contribution in [1.29, 1.82) is 0 Å². The third-order valence-corrected chi connectivity index (χ3v) is 3.28. The molecule has 2 fully saturated rings. The van der Waals surface area contributed by atoms with Crippen LogP contribution in [-0.2, 0) is 9.59 Å². The summed E-state index contributed by atoms with van der Waals surface area (Å²) in [5.41, 5.74) is 0. The average Bonchev–Trinajstić information content (AvgIpc) is 2.48. The SMILES string of the molecule is CN1CCC(C(=O)N2CC(C(=O)O)C2)C1. The molecule has 15 heavy (non-hydrogen) atoms. The molecule has 0 aromatic rings. The van der Waals surface area contributed by atoms with Gasteiger partial charge in [0.05, 0.1) is 11.8 Å².